The lowest BCUT2D eigenvalue weighted by atomic mass is 9.92. The molecule has 1 heterocycles. The first-order valence-electron chi connectivity index (χ1n) is 10.4. The zero-order chi connectivity index (χ0) is 20.4. The van der Waals surface area contributed by atoms with Crippen molar-refractivity contribution in [3.8, 4) is 5.75 Å². The number of esters is 1. The zero-order valence-electron chi connectivity index (χ0n) is 17.0. The van der Waals surface area contributed by atoms with Crippen LogP contribution in [-0.2, 0) is 35.2 Å². The van der Waals surface area contributed by atoms with Gasteiger partial charge in [0.1, 0.15) is 10.8 Å². The molecule has 0 saturated heterocycles. The average molecular weight is 414 g/mol. The molecule has 0 aliphatic heterocycles. The van der Waals surface area contributed by atoms with Gasteiger partial charge >= 0.3 is 5.97 Å². The number of thiophene rings is 1. The monoisotopic (exact) mass is 413 g/mol. The number of carbonyl (C=O) groups is 2. The number of hydrogen-bond donors (Lipinski definition) is 1. The van der Waals surface area contributed by atoms with Gasteiger partial charge in [-0.05, 0) is 87.1 Å². The van der Waals surface area contributed by atoms with Gasteiger partial charge < -0.3 is 14.8 Å². The Morgan fingerprint density at radius 1 is 1.03 bits per heavy atom. The molecular weight excluding hydrogens is 386 g/mol. The Morgan fingerprint density at radius 3 is 2.55 bits per heavy atom. The Kier molecular flexibility index (Phi) is 5.90. The summed E-state index contributed by atoms with van der Waals surface area (Å²) >= 11 is 1.49. The summed E-state index contributed by atoms with van der Waals surface area (Å²) in [6.07, 6.45) is 7.92. The Hall–Kier alpha value is -2.34. The van der Waals surface area contributed by atoms with Gasteiger partial charge in [0.15, 0.2) is 6.10 Å². The molecule has 0 fully saturated rings. The minimum absolute atomic E-state index is 0.258. The lowest BCUT2D eigenvalue weighted by Gasteiger charge is -2.19. The number of carbonyl (C=O) groups excluding carboxylic acids is 2. The van der Waals surface area contributed by atoms with E-state index in [2.05, 4.69) is 17.4 Å². The SMILES string of the molecule is COC(=O)c1c(NC(=O)[C@H](C)Oc2ccc3c(c2)CCCC3)sc2c1CCCC2. The van der Waals surface area contributed by atoms with Gasteiger partial charge in [-0.1, -0.05) is 6.07 Å². The molecule has 0 spiro atoms. The maximum absolute atomic E-state index is 12.8. The maximum atomic E-state index is 12.8. The average Bonchev–Trinajstić information content (AvgIpc) is 3.10. The Balaban J connectivity index is 1.49. The molecule has 1 N–H and O–H groups in total. The van der Waals surface area contributed by atoms with E-state index in [1.165, 1.54) is 47.3 Å². The van der Waals surface area contributed by atoms with E-state index in [9.17, 15) is 9.59 Å². The van der Waals surface area contributed by atoms with Gasteiger partial charge in [0.2, 0.25) is 0 Å². The molecule has 4 rings (SSSR count). The van der Waals surface area contributed by atoms with Gasteiger partial charge in [-0.2, -0.15) is 0 Å². The molecule has 2 aromatic rings. The highest BCUT2D eigenvalue weighted by molar-refractivity contribution is 7.17. The van der Waals surface area contributed by atoms with E-state index in [-0.39, 0.29) is 11.9 Å². The van der Waals surface area contributed by atoms with Gasteiger partial charge in [0.25, 0.3) is 5.91 Å². The molecule has 0 bridgehead atoms. The standard InChI is InChI=1S/C23H27NO4S/c1-14(28-17-12-11-15-7-3-4-8-16(15)13-17)21(25)24-22-20(23(26)27-2)18-9-5-6-10-19(18)29-22/h11-14H,3-10H2,1-2H3,(H,24,25)/t14-/m0/s1. The largest absolute Gasteiger partial charge is 0.481 e. The van der Waals surface area contributed by atoms with Crippen molar-refractivity contribution in [2.45, 2.75) is 64.4 Å². The van der Waals surface area contributed by atoms with Crippen LogP contribution in [0.1, 0.15) is 64.5 Å². The Bertz CT molecular complexity index is 933. The molecule has 0 unspecified atom stereocenters. The predicted octanol–water partition coefficient (Wildman–Crippen LogP) is 4.70. The third-order valence-electron chi connectivity index (χ3n) is 5.80. The molecular formula is C23H27NO4S. The van der Waals surface area contributed by atoms with Gasteiger partial charge in [-0.3, -0.25) is 4.79 Å². The number of aryl methyl sites for hydroxylation is 3. The molecule has 1 aromatic carbocycles. The number of methoxy groups -OCH3 is 1. The smallest absolute Gasteiger partial charge is 0.341 e. The molecule has 1 amide bonds. The second-order valence-electron chi connectivity index (χ2n) is 7.79. The third-order valence-corrected chi connectivity index (χ3v) is 7.01. The van der Waals surface area contributed by atoms with Crippen LogP contribution in [0.4, 0.5) is 5.00 Å². The molecule has 2 aliphatic rings. The first-order valence-corrected chi connectivity index (χ1v) is 11.2. The van der Waals surface area contributed by atoms with Crippen LogP contribution in [0.15, 0.2) is 18.2 Å². The number of benzene rings is 1. The van der Waals surface area contributed by atoms with E-state index in [1.54, 1.807) is 6.92 Å². The van der Waals surface area contributed by atoms with Crippen LogP contribution in [0.2, 0.25) is 0 Å². The van der Waals surface area contributed by atoms with Gasteiger partial charge in [0, 0.05) is 4.88 Å². The number of anilines is 1. The zero-order valence-corrected chi connectivity index (χ0v) is 17.8. The van der Waals surface area contributed by atoms with Crippen LogP contribution in [0, 0.1) is 0 Å². The Labute approximate surface area is 175 Å². The van der Waals surface area contributed by atoms with Crippen molar-refractivity contribution in [3.63, 3.8) is 0 Å². The van der Waals surface area contributed by atoms with Gasteiger partial charge in [-0.15, -0.1) is 11.3 Å². The van der Waals surface area contributed by atoms with Crippen molar-refractivity contribution in [1.29, 1.82) is 0 Å². The quantitative estimate of drug-likeness (QED) is 0.722. The molecule has 1 aromatic heterocycles. The maximum Gasteiger partial charge on any atom is 0.341 e. The fourth-order valence-corrected chi connectivity index (χ4v) is 5.51. The highest BCUT2D eigenvalue weighted by Crippen LogP contribution is 2.38. The summed E-state index contributed by atoms with van der Waals surface area (Å²) in [5.41, 5.74) is 4.25. The van der Waals surface area contributed by atoms with Gasteiger partial charge in [0.05, 0.1) is 12.7 Å². The summed E-state index contributed by atoms with van der Waals surface area (Å²) in [5, 5.41) is 3.50. The fraction of sp³-hybridized carbons (Fsp3) is 0.478. The van der Waals surface area contributed by atoms with Crippen molar-refractivity contribution >= 4 is 28.2 Å². The summed E-state index contributed by atoms with van der Waals surface area (Å²) in [4.78, 5) is 26.3. The predicted molar refractivity (Wildman–Crippen MR) is 114 cm³/mol. The van der Waals surface area contributed by atoms with Crippen molar-refractivity contribution in [2.75, 3.05) is 12.4 Å². The van der Waals surface area contributed by atoms with Crippen LogP contribution in [0.5, 0.6) is 5.75 Å². The number of nitrogens with one attached hydrogen (secondary N) is 1. The highest BCUT2D eigenvalue weighted by atomic mass is 32.1. The van der Waals surface area contributed by atoms with Crippen LogP contribution >= 0.6 is 11.3 Å². The van der Waals surface area contributed by atoms with E-state index in [4.69, 9.17) is 9.47 Å². The summed E-state index contributed by atoms with van der Waals surface area (Å²) in [6, 6.07) is 6.11. The fourth-order valence-electron chi connectivity index (χ4n) is 4.23. The highest BCUT2D eigenvalue weighted by Gasteiger charge is 2.28. The first-order chi connectivity index (χ1) is 14.1. The molecule has 5 nitrogen and oxygen atoms in total. The lowest BCUT2D eigenvalue weighted by molar-refractivity contribution is -0.122. The second-order valence-corrected chi connectivity index (χ2v) is 8.90. The summed E-state index contributed by atoms with van der Waals surface area (Å²) < 4.78 is 10.9. The molecule has 2 aliphatic carbocycles. The molecule has 0 radical (unpaired) electrons. The van der Waals surface area contributed by atoms with Crippen molar-refractivity contribution in [2.24, 2.45) is 0 Å². The van der Waals surface area contributed by atoms with E-state index in [0.717, 1.165) is 44.1 Å². The summed E-state index contributed by atoms with van der Waals surface area (Å²) in [5.74, 6) is 0.0707. The minimum atomic E-state index is -0.665. The molecule has 1 atom stereocenters. The van der Waals surface area contributed by atoms with Gasteiger partial charge in [-0.25, -0.2) is 4.79 Å². The molecule has 0 saturated carbocycles. The number of rotatable bonds is 5. The number of hydrogen-bond acceptors (Lipinski definition) is 5. The van der Waals surface area contributed by atoms with Crippen molar-refractivity contribution < 1.29 is 19.1 Å². The summed E-state index contributed by atoms with van der Waals surface area (Å²) in [6.45, 7) is 1.74. The lowest BCUT2D eigenvalue weighted by Crippen LogP contribution is -2.30. The topological polar surface area (TPSA) is 64.6 Å². The third kappa shape index (κ3) is 4.17. The number of fused-ring (bicyclic) bond motifs is 2. The normalized spacial score (nSPS) is 16.3. The van der Waals surface area contributed by atoms with Crippen LogP contribution in [-0.4, -0.2) is 25.1 Å². The van der Waals surface area contributed by atoms with E-state index >= 15 is 0 Å². The summed E-state index contributed by atoms with van der Waals surface area (Å²) in [7, 11) is 1.38. The second kappa shape index (κ2) is 8.57. The number of ether oxygens (including phenoxy) is 2. The van der Waals surface area contributed by atoms with E-state index < -0.39 is 6.10 Å². The first kappa shape index (κ1) is 20.0. The van der Waals surface area contributed by atoms with Crippen molar-refractivity contribution in [1.82, 2.24) is 0 Å². The molecule has 6 heteroatoms. The number of amides is 1. The van der Waals surface area contributed by atoms with Crippen LogP contribution in [0.25, 0.3) is 0 Å². The van der Waals surface area contributed by atoms with Crippen molar-refractivity contribution in [3.05, 3.63) is 45.3 Å². The van der Waals surface area contributed by atoms with Crippen LogP contribution in [0.3, 0.4) is 0 Å². The molecule has 29 heavy (non-hydrogen) atoms. The van der Waals surface area contributed by atoms with E-state index in [1.807, 2.05) is 6.07 Å². The van der Waals surface area contributed by atoms with E-state index in [0.29, 0.717) is 16.3 Å². The Morgan fingerprint density at radius 2 is 1.76 bits per heavy atom. The molecule has 154 valence electrons. The van der Waals surface area contributed by atoms with Crippen LogP contribution < -0.4 is 10.1 Å². The minimum Gasteiger partial charge on any atom is -0.481 e.